The minimum absolute atomic E-state index is 0.0786. The molecule has 1 unspecified atom stereocenters. The highest BCUT2D eigenvalue weighted by molar-refractivity contribution is 7.88. The molecule has 22 heavy (non-hydrogen) atoms. The Morgan fingerprint density at radius 3 is 2.91 bits per heavy atom. The summed E-state index contributed by atoms with van der Waals surface area (Å²) in [4.78, 5) is 15.3. The number of hydrogen-bond acceptors (Lipinski definition) is 3. The zero-order valence-corrected chi connectivity index (χ0v) is 13.2. The van der Waals surface area contributed by atoms with E-state index in [1.807, 2.05) is 30.5 Å². The molecule has 1 fully saturated rings. The molecule has 2 heterocycles. The number of fused-ring (bicyclic) bond motifs is 1. The van der Waals surface area contributed by atoms with Crippen LogP contribution < -0.4 is 5.32 Å². The fourth-order valence-electron chi connectivity index (χ4n) is 2.88. The van der Waals surface area contributed by atoms with Crippen LogP contribution in [0.25, 0.3) is 10.9 Å². The minimum atomic E-state index is -3.17. The van der Waals surface area contributed by atoms with Crippen molar-refractivity contribution in [2.45, 2.75) is 18.9 Å². The van der Waals surface area contributed by atoms with Gasteiger partial charge in [0.15, 0.2) is 0 Å². The number of hydrogen-bond donors (Lipinski definition) is 2. The molecule has 1 aromatic carbocycles. The van der Waals surface area contributed by atoms with Crippen molar-refractivity contribution in [2.24, 2.45) is 0 Å². The minimum Gasteiger partial charge on any atom is -0.361 e. The van der Waals surface area contributed by atoms with Crippen LogP contribution >= 0.6 is 0 Å². The van der Waals surface area contributed by atoms with Crippen LogP contribution in [0.1, 0.15) is 12.0 Å². The number of nitrogens with one attached hydrogen (secondary N) is 2. The fourth-order valence-corrected chi connectivity index (χ4v) is 3.76. The zero-order valence-electron chi connectivity index (χ0n) is 12.4. The Morgan fingerprint density at radius 1 is 1.41 bits per heavy atom. The Morgan fingerprint density at radius 2 is 2.18 bits per heavy atom. The van der Waals surface area contributed by atoms with Crippen molar-refractivity contribution in [1.29, 1.82) is 0 Å². The number of aromatic nitrogens is 1. The maximum absolute atomic E-state index is 12.2. The number of sulfonamides is 1. The van der Waals surface area contributed by atoms with E-state index < -0.39 is 10.0 Å². The monoisotopic (exact) mass is 321 g/mol. The van der Waals surface area contributed by atoms with Crippen molar-refractivity contribution >= 4 is 26.8 Å². The predicted molar refractivity (Wildman–Crippen MR) is 85.0 cm³/mol. The van der Waals surface area contributed by atoms with Crippen molar-refractivity contribution in [3.8, 4) is 0 Å². The normalized spacial score (nSPS) is 19.6. The first-order valence-electron chi connectivity index (χ1n) is 7.23. The Balaban J connectivity index is 1.62. The summed E-state index contributed by atoms with van der Waals surface area (Å²) in [5.41, 5.74) is 1.96. The van der Waals surface area contributed by atoms with Crippen molar-refractivity contribution < 1.29 is 13.2 Å². The van der Waals surface area contributed by atoms with Crippen molar-refractivity contribution in [3.05, 3.63) is 36.0 Å². The topological polar surface area (TPSA) is 82.3 Å². The third-order valence-corrected chi connectivity index (χ3v) is 5.28. The number of aromatic amines is 1. The van der Waals surface area contributed by atoms with E-state index in [0.717, 1.165) is 16.5 Å². The van der Waals surface area contributed by atoms with Gasteiger partial charge in [-0.25, -0.2) is 12.7 Å². The fraction of sp³-hybridized carbons (Fsp3) is 0.400. The van der Waals surface area contributed by atoms with E-state index in [0.29, 0.717) is 25.9 Å². The van der Waals surface area contributed by atoms with Crippen LogP contribution in [0.3, 0.4) is 0 Å². The van der Waals surface area contributed by atoms with Gasteiger partial charge in [-0.05, 0) is 18.1 Å². The van der Waals surface area contributed by atoms with Crippen molar-refractivity contribution in [1.82, 2.24) is 14.6 Å². The van der Waals surface area contributed by atoms with Gasteiger partial charge in [-0.3, -0.25) is 4.79 Å². The second kappa shape index (κ2) is 5.73. The average molecular weight is 321 g/mol. The first-order chi connectivity index (χ1) is 10.4. The largest absolute Gasteiger partial charge is 0.361 e. The van der Waals surface area contributed by atoms with Crippen LogP contribution in [0.4, 0.5) is 0 Å². The lowest BCUT2D eigenvalue weighted by atomic mass is 10.1. The smallest absolute Gasteiger partial charge is 0.224 e. The first-order valence-corrected chi connectivity index (χ1v) is 9.08. The molecule has 1 aliphatic rings. The molecule has 118 valence electrons. The Kier molecular flexibility index (Phi) is 3.92. The number of H-pyrrole nitrogens is 1. The van der Waals surface area contributed by atoms with E-state index >= 15 is 0 Å². The average Bonchev–Trinajstić information content (AvgIpc) is 3.06. The number of amides is 1. The third-order valence-electron chi connectivity index (χ3n) is 4.01. The van der Waals surface area contributed by atoms with Crippen LogP contribution in [-0.2, 0) is 21.2 Å². The summed E-state index contributed by atoms with van der Waals surface area (Å²) in [5, 5.41) is 3.97. The summed E-state index contributed by atoms with van der Waals surface area (Å²) in [6.07, 6.45) is 4.00. The quantitative estimate of drug-likeness (QED) is 0.876. The van der Waals surface area contributed by atoms with E-state index in [1.54, 1.807) is 0 Å². The number of rotatable bonds is 4. The summed E-state index contributed by atoms with van der Waals surface area (Å²) in [5.74, 6) is -0.0786. The summed E-state index contributed by atoms with van der Waals surface area (Å²) in [6, 6.07) is 7.74. The molecule has 1 atom stereocenters. The molecule has 0 radical (unpaired) electrons. The molecule has 1 aromatic heterocycles. The lowest BCUT2D eigenvalue weighted by Gasteiger charge is -2.14. The SMILES string of the molecule is CS(=O)(=O)N1CCC(NC(=O)Cc2c[nH]c3ccccc23)C1. The van der Waals surface area contributed by atoms with E-state index in [9.17, 15) is 13.2 Å². The van der Waals surface area contributed by atoms with Gasteiger partial charge in [-0.15, -0.1) is 0 Å². The molecule has 3 rings (SSSR count). The summed E-state index contributed by atoms with van der Waals surface area (Å²) >= 11 is 0. The molecular weight excluding hydrogens is 302 g/mol. The number of nitrogens with zero attached hydrogens (tertiary/aromatic N) is 1. The van der Waals surface area contributed by atoms with Gasteiger partial charge in [-0.2, -0.15) is 0 Å². The van der Waals surface area contributed by atoms with Crippen LogP contribution in [0.15, 0.2) is 30.5 Å². The Bertz CT molecular complexity index is 797. The van der Waals surface area contributed by atoms with Crippen LogP contribution in [0.2, 0.25) is 0 Å². The summed E-state index contributed by atoms with van der Waals surface area (Å²) in [7, 11) is -3.17. The molecular formula is C15H19N3O3S. The van der Waals surface area contributed by atoms with Crippen molar-refractivity contribution in [2.75, 3.05) is 19.3 Å². The highest BCUT2D eigenvalue weighted by Gasteiger charge is 2.29. The maximum atomic E-state index is 12.2. The van der Waals surface area contributed by atoms with Gasteiger partial charge in [0, 0.05) is 36.2 Å². The second-order valence-electron chi connectivity index (χ2n) is 5.71. The zero-order chi connectivity index (χ0) is 15.7. The van der Waals surface area contributed by atoms with Gasteiger partial charge in [-0.1, -0.05) is 18.2 Å². The summed E-state index contributed by atoms with van der Waals surface area (Å²) < 4.78 is 24.4. The number of carbonyl (C=O) groups excluding carboxylic acids is 1. The molecule has 1 amide bonds. The standard InChI is InChI=1S/C15H19N3O3S/c1-22(20,21)18-7-6-12(10-18)17-15(19)8-11-9-16-14-5-3-2-4-13(11)14/h2-5,9,12,16H,6-8,10H2,1H3,(H,17,19). The maximum Gasteiger partial charge on any atom is 0.224 e. The third kappa shape index (κ3) is 3.15. The van der Waals surface area contributed by atoms with Gasteiger partial charge < -0.3 is 10.3 Å². The molecule has 2 N–H and O–H groups in total. The lowest BCUT2D eigenvalue weighted by molar-refractivity contribution is -0.121. The number of para-hydroxylation sites is 1. The molecule has 6 nitrogen and oxygen atoms in total. The second-order valence-corrected chi connectivity index (χ2v) is 7.69. The van der Waals surface area contributed by atoms with Gasteiger partial charge in [0.2, 0.25) is 15.9 Å². The van der Waals surface area contributed by atoms with Crippen molar-refractivity contribution in [3.63, 3.8) is 0 Å². The number of carbonyl (C=O) groups is 1. The molecule has 0 bridgehead atoms. The number of benzene rings is 1. The highest BCUT2D eigenvalue weighted by Crippen LogP contribution is 2.18. The van der Waals surface area contributed by atoms with Crippen LogP contribution in [0, 0.1) is 0 Å². The highest BCUT2D eigenvalue weighted by atomic mass is 32.2. The lowest BCUT2D eigenvalue weighted by Crippen LogP contribution is -2.38. The van der Waals surface area contributed by atoms with Gasteiger partial charge in [0.25, 0.3) is 0 Å². The Hall–Kier alpha value is -1.86. The van der Waals surface area contributed by atoms with Crippen LogP contribution in [-0.4, -0.2) is 49.0 Å². The van der Waals surface area contributed by atoms with Gasteiger partial charge in [0.05, 0.1) is 12.7 Å². The van der Waals surface area contributed by atoms with E-state index in [2.05, 4.69) is 10.3 Å². The molecule has 0 aliphatic carbocycles. The molecule has 0 spiro atoms. The first kappa shape index (κ1) is 15.1. The molecule has 2 aromatic rings. The molecule has 7 heteroatoms. The van der Waals surface area contributed by atoms with E-state index in [-0.39, 0.29) is 11.9 Å². The summed E-state index contributed by atoms with van der Waals surface area (Å²) in [6.45, 7) is 0.829. The van der Waals surface area contributed by atoms with E-state index in [1.165, 1.54) is 10.6 Å². The van der Waals surface area contributed by atoms with Crippen LogP contribution in [0.5, 0.6) is 0 Å². The molecule has 0 saturated carbocycles. The predicted octanol–water partition coefficient (Wildman–Crippen LogP) is 0.861. The molecule has 1 saturated heterocycles. The van der Waals surface area contributed by atoms with E-state index in [4.69, 9.17) is 0 Å². The van der Waals surface area contributed by atoms with Gasteiger partial charge >= 0.3 is 0 Å². The molecule has 1 aliphatic heterocycles. The Labute approximate surface area is 129 Å². The van der Waals surface area contributed by atoms with Gasteiger partial charge in [0.1, 0.15) is 0 Å².